The van der Waals surface area contributed by atoms with Crippen molar-refractivity contribution in [1.82, 2.24) is 14.9 Å². The number of H-pyrrole nitrogens is 1. The van der Waals surface area contributed by atoms with Crippen LogP contribution in [0.1, 0.15) is 42.9 Å². The van der Waals surface area contributed by atoms with Crippen LogP contribution in [0.4, 0.5) is 0 Å². The summed E-state index contributed by atoms with van der Waals surface area (Å²) in [4.78, 5) is 22.3. The standard InChI is InChI=1S/C20H27N3O3/c1-4-6-19-21-16-9-10-23(13-15(16)20(24)22-19)12-14-7-8-17(26-5-2)18(11-14)25-3/h7-8,11H,4-6,9-10,12-13H2,1-3H3,(H,21,22,24). The fraction of sp³-hybridized carbons (Fsp3) is 0.500. The van der Waals surface area contributed by atoms with E-state index in [4.69, 9.17) is 9.47 Å². The van der Waals surface area contributed by atoms with Gasteiger partial charge in [0.25, 0.3) is 5.56 Å². The molecule has 0 saturated heterocycles. The molecule has 0 spiro atoms. The van der Waals surface area contributed by atoms with Gasteiger partial charge in [-0.25, -0.2) is 4.98 Å². The summed E-state index contributed by atoms with van der Waals surface area (Å²) in [6.07, 6.45) is 2.61. The lowest BCUT2D eigenvalue weighted by Crippen LogP contribution is -2.35. The quantitative estimate of drug-likeness (QED) is 0.825. The number of benzene rings is 1. The van der Waals surface area contributed by atoms with Crippen molar-refractivity contribution in [2.75, 3.05) is 20.3 Å². The van der Waals surface area contributed by atoms with Crippen LogP contribution in [0.2, 0.25) is 0 Å². The molecule has 0 fully saturated rings. The van der Waals surface area contributed by atoms with Gasteiger partial charge >= 0.3 is 0 Å². The Hall–Kier alpha value is -2.34. The van der Waals surface area contributed by atoms with E-state index in [1.807, 2.05) is 19.1 Å². The molecule has 6 nitrogen and oxygen atoms in total. The number of aryl methyl sites for hydroxylation is 1. The van der Waals surface area contributed by atoms with Crippen molar-refractivity contribution in [2.24, 2.45) is 0 Å². The maximum absolute atomic E-state index is 12.4. The van der Waals surface area contributed by atoms with Crippen molar-refractivity contribution in [2.45, 2.75) is 46.2 Å². The lowest BCUT2D eigenvalue weighted by molar-refractivity contribution is 0.240. The Balaban J connectivity index is 1.74. The van der Waals surface area contributed by atoms with Crippen molar-refractivity contribution in [1.29, 1.82) is 0 Å². The summed E-state index contributed by atoms with van der Waals surface area (Å²) in [5.41, 5.74) is 2.90. The number of ether oxygens (including phenoxy) is 2. The Morgan fingerprint density at radius 3 is 2.85 bits per heavy atom. The largest absolute Gasteiger partial charge is 0.493 e. The van der Waals surface area contributed by atoms with Crippen LogP contribution in [0.3, 0.4) is 0 Å². The van der Waals surface area contributed by atoms with Crippen LogP contribution >= 0.6 is 0 Å². The first-order valence-electron chi connectivity index (χ1n) is 9.27. The third kappa shape index (κ3) is 4.07. The molecule has 2 aromatic rings. The van der Waals surface area contributed by atoms with Gasteiger partial charge in [-0.05, 0) is 31.0 Å². The monoisotopic (exact) mass is 357 g/mol. The summed E-state index contributed by atoms with van der Waals surface area (Å²) < 4.78 is 11.0. The second-order valence-corrected chi connectivity index (χ2v) is 6.57. The van der Waals surface area contributed by atoms with Crippen LogP contribution in [-0.4, -0.2) is 35.1 Å². The van der Waals surface area contributed by atoms with Crippen LogP contribution < -0.4 is 15.0 Å². The summed E-state index contributed by atoms with van der Waals surface area (Å²) in [5.74, 6) is 2.30. The molecule has 3 rings (SSSR count). The Kier molecular flexibility index (Phi) is 5.93. The van der Waals surface area contributed by atoms with E-state index in [1.54, 1.807) is 7.11 Å². The van der Waals surface area contributed by atoms with Gasteiger partial charge in [0.15, 0.2) is 11.5 Å². The zero-order chi connectivity index (χ0) is 18.5. The Bertz CT molecular complexity index is 816. The van der Waals surface area contributed by atoms with Gasteiger partial charge in [-0.1, -0.05) is 13.0 Å². The number of nitrogens with one attached hydrogen (secondary N) is 1. The zero-order valence-corrected chi connectivity index (χ0v) is 15.8. The molecule has 0 atom stereocenters. The van der Waals surface area contributed by atoms with Crippen molar-refractivity contribution in [3.63, 3.8) is 0 Å². The van der Waals surface area contributed by atoms with Crippen molar-refractivity contribution < 1.29 is 9.47 Å². The fourth-order valence-corrected chi connectivity index (χ4v) is 3.37. The molecule has 140 valence electrons. The van der Waals surface area contributed by atoms with Gasteiger partial charge in [-0.3, -0.25) is 9.69 Å². The number of nitrogens with zero attached hydrogens (tertiary/aromatic N) is 2. The maximum atomic E-state index is 12.4. The van der Waals surface area contributed by atoms with E-state index in [1.165, 1.54) is 0 Å². The lowest BCUT2D eigenvalue weighted by Gasteiger charge is -2.28. The van der Waals surface area contributed by atoms with E-state index in [0.29, 0.717) is 13.2 Å². The van der Waals surface area contributed by atoms with E-state index >= 15 is 0 Å². The van der Waals surface area contributed by atoms with Crippen LogP contribution in [0.5, 0.6) is 11.5 Å². The number of aromatic amines is 1. The predicted octanol–water partition coefficient (Wildman–Crippen LogP) is 2.69. The van der Waals surface area contributed by atoms with Crippen LogP contribution in [0.25, 0.3) is 0 Å². The summed E-state index contributed by atoms with van der Waals surface area (Å²) in [5, 5.41) is 0. The highest BCUT2D eigenvalue weighted by molar-refractivity contribution is 5.43. The minimum atomic E-state index is 0.00687. The Labute approximate surface area is 154 Å². The highest BCUT2D eigenvalue weighted by Crippen LogP contribution is 2.29. The molecule has 2 heterocycles. The normalized spacial score (nSPS) is 14.1. The molecule has 26 heavy (non-hydrogen) atoms. The molecular formula is C20H27N3O3. The second-order valence-electron chi connectivity index (χ2n) is 6.57. The number of aromatic nitrogens is 2. The SMILES string of the molecule is CCCc1nc2c(c(=O)[nH]1)CN(Cc1ccc(OCC)c(OC)c1)CC2. The lowest BCUT2D eigenvalue weighted by atomic mass is 10.1. The topological polar surface area (TPSA) is 67.5 Å². The highest BCUT2D eigenvalue weighted by atomic mass is 16.5. The first kappa shape index (κ1) is 18.5. The van der Waals surface area contributed by atoms with Crippen LogP contribution in [0.15, 0.2) is 23.0 Å². The van der Waals surface area contributed by atoms with Gasteiger partial charge in [-0.2, -0.15) is 0 Å². The van der Waals surface area contributed by atoms with Gasteiger partial charge < -0.3 is 14.5 Å². The second kappa shape index (κ2) is 8.36. The third-order valence-corrected chi connectivity index (χ3v) is 4.62. The van der Waals surface area contributed by atoms with E-state index < -0.39 is 0 Å². The number of hydrogen-bond donors (Lipinski definition) is 1. The smallest absolute Gasteiger partial charge is 0.255 e. The third-order valence-electron chi connectivity index (χ3n) is 4.62. The van der Waals surface area contributed by atoms with E-state index in [2.05, 4.69) is 27.9 Å². The molecule has 0 unspecified atom stereocenters. The molecule has 1 aromatic carbocycles. The molecule has 1 aliphatic heterocycles. The predicted molar refractivity (Wildman–Crippen MR) is 101 cm³/mol. The van der Waals surface area contributed by atoms with Crippen molar-refractivity contribution in [3.05, 3.63) is 51.2 Å². The molecule has 1 N–H and O–H groups in total. The number of hydrogen-bond acceptors (Lipinski definition) is 5. The van der Waals surface area contributed by atoms with Crippen LogP contribution in [-0.2, 0) is 25.9 Å². The number of fused-ring (bicyclic) bond motifs is 1. The van der Waals surface area contributed by atoms with Crippen LogP contribution in [0, 0.1) is 0 Å². The molecular weight excluding hydrogens is 330 g/mol. The van der Waals surface area contributed by atoms with E-state index in [9.17, 15) is 4.79 Å². The summed E-state index contributed by atoms with van der Waals surface area (Å²) in [6.45, 7) is 6.93. The molecule has 1 aliphatic rings. The van der Waals surface area contributed by atoms with Gasteiger partial charge in [0.05, 0.1) is 25.0 Å². The minimum Gasteiger partial charge on any atom is -0.493 e. The average molecular weight is 357 g/mol. The van der Waals surface area contributed by atoms with Crippen molar-refractivity contribution in [3.8, 4) is 11.5 Å². The Morgan fingerprint density at radius 2 is 2.12 bits per heavy atom. The number of methoxy groups -OCH3 is 1. The Morgan fingerprint density at radius 1 is 1.27 bits per heavy atom. The first-order valence-corrected chi connectivity index (χ1v) is 9.27. The average Bonchev–Trinajstić information content (AvgIpc) is 2.64. The van der Waals surface area contributed by atoms with Gasteiger partial charge in [0, 0.05) is 32.5 Å². The maximum Gasteiger partial charge on any atom is 0.255 e. The number of rotatable bonds is 7. The summed E-state index contributed by atoms with van der Waals surface area (Å²) in [6, 6.07) is 6.00. The van der Waals surface area contributed by atoms with Gasteiger partial charge in [0.1, 0.15) is 5.82 Å². The summed E-state index contributed by atoms with van der Waals surface area (Å²) in [7, 11) is 1.65. The minimum absolute atomic E-state index is 0.00687. The first-order chi connectivity index (χ1) is 12.6. The highest BCUT2D eigenvalue weighted by Gasteiger charge is 2.21. The van der Waals surface area contributed by atoms with Crippen molar-refractivity contribution >= 4 is 0 Å². The molecule has 0 aliphatic carbocycles. The summed E-state index contributed by atoms with van der Waals surface area (Å²) >= 11 is 0. The fourth-order valence-electron chi connectivity index (χ4n) is 3.37. The van der Waals surface area contributed by atoms with E-state index in [-0.39, 0.29) is 5.56 Å². The molecule has 6 heteroatoms. The molecule has 0 bridgehead atoms. The molecule has 0 radical (unpaired) electrons. The van der Waals surface area contributed by atoms with Gasteiger partial charge in [-0.15, -0.1) is 0 Å². The zero-order valence-electron chi connectivity index (χ0n) is 15.8. The molecule has 1 aromatic heterocycles. The van der Waals surface area contributed by atoms with E-state index in [0.717, 1.165) is 66.5 Å². The molecule has 0 amide bonds. The molecule has 0 saturated carbocycles. The van der Waals surface area contributed by atoms with Gasteiger partial charge in [0.2, 0.25) is 0 Å².